The fraction of sp³-hybridized carbons (Fsp3) is 0. The molecule has 0 aliphatic rings. The molecular weight excluding hydrogens is 201 g/mol. The van der Waals surface area contributed by atoms with Crippen LogP contribution in [-0.2, 0) is 0 Å². The zero-order valence-corrected chi connectivity index (χ0v) is 6.43. The highest BCUT2D eigenvalue weighted by Crippen LogP contribution is 2.14. The van der Waals surface area contributed by atoms with Crippen LogP contribution in [0, 0.1) is 5.95 Å². The third-order valence-electron chi connectivity index (χ3n) is 1.01. The van der Waals surface area contributed by atoms with Crippen LogP contribution in [0.25, 0.3) is 0 Å². The quantitative estimate of drug-likeness (QED) is 0.515. The predicted octanol–water partition coefficient (Wildman–Crippen LogP) is 1.80. The van der Waals surface area contributed by atoms with E-state index in [1.807, 2.05) is 0 Å². The average Bonchev–Trinajstić information content (AvgIpc) is 1.88. The first kappa shape index (κ1) is 7.34. The van der Waals surface area contributed by atoms with Gasteiger partial charge in [0, 0.05) is 10.7 Å². The molecule has 0 aromatic carbocycles. The SMILES string of the molecule is O=Cc1c(Br)ccnc1F. The Labute approximate surface area is 65.2 Å². The summed E-state index contributed by atoms with van der Waals surface area (Å²) in [5, 5.41) is 0. The molecule has 1 aromatic heterocycles. The molecule has 1 aromatic rings. The molecule has 4 heteroatoms. The molecule has 0 radical (unpaired) electrons. The van der Waals surface area contributed by atoms with Crippen LogP contribution in [0.15, 0.2) is 16.7 Å². The Bertz CT molecular complexity index is 244. The monoisotopic (exact) mass is 203 g/mol. The van der Waals surface area contributed by atoms with Gasteiger partial charge in [0.15, 0.2) is 6.29 Å². The van der Waals surface area contributed by atoms with Gasteiger partial charge in [0.05, 0.1) is 5.56 Å². The summed E-state index contributed by atoms with van der Waals surface area (Å²) < 4.78 is 12.9. The highest BCUT2D eigenvalue weighted by Gasteiger charge is 2.04. The largest absolute Gasteiger partial charge is 0.298 e. The Morgan fingerprint density at radius 3 is 2.80 bits per heavy atom. The van der Waals surface area contributed by atoms with Crippen LogP contribution in [-0.4, -0.2) is 11.3 Å². The molecule has 0 aliphatic heterocycles. The van der Waals surface area contributed by atoms with E-state index in [4.69, 9.17) is 0 Å². The second-order valence-corrected chi connectivity index (χ2v) is 2.47. The smallest absolute Gasteiger partial charge is 0.224 e. The van der Waals surface area contributed by atoms with Gasteiger partial charge in [-0.2, -0.15) is 4.39 Å². The van der Waals surface area contributed by atoms with Gasteiger partial charge in [-0.05, 0) is 22.0 Å². The van der Waals surface area contributed by atoms with E-state index in [9.17, 15) is 9.18 Å². The minimum atomic E-state index is -0.746. The number of hydrogen-bond acceptors (Lipinski definition) is 2. The molecule has 0 aliphatic carbocycles. The minimum absolute atomic E-state index is 0.0394. The molecule has 0 bridgehead atoms. The lowest BCUT2D eigenvalue weighted by molar-refractivity contribution is 0.111. The average molecular weight is 204 g/mol. The summed E-state index contributed by atoms with van der Waals surface area (Å²) in [7, 11) is 0. The summed E-state index contributed by atoms with van der Waals surface area (Å²) in [6, 6.07) is 1.51. The lowest BCUT2D eigenvalue weighted by Gasteiger charge is -1.93. The first-order chi connectivity index (χ1) is 4.75. The Kier molecular flexibility index (Phi) is 2.11. The summed E-state index contributed by atoms with van der Waals surface area (Å²) in [5.74, 6) is -0.746. The number of pyridine rings is 1. The van der Waals surface area contributed by atoms with Crippen molar-refractivity contribution in [3.8, 4) is 0 Å². The van der Waals surface area contributed by atoms with Crippen molar-refractivity contribution in [1.29, 1.82) is 0 Å². The molecule has 0 spiro atoms. The molecule has 0 fully saturated rings. The minimum Gasteiger partial charge on any atom is -0.298 e. The number of nitrogens with zero attached hydrogens (tertiary/aromatic N) is 1. The van der Waals surface area contributed by atoms with Gasteiger partial charge in [0.2, 0.25) is 5.95 Å². The van der Waals surface area contributed by atoms with E-state index < -0.39 is 5.95 Å². The summed E-state index contributed by atoms with van der Waals surface area (Å²) in [5.41, 5.74) is -0.0394. The molecule has 10 heavy (non-hydrogen) atoms. The van der Waals surface area contributed by atoms with Gasteiger partial charge >= 0.3 is 0 Å². The molecule has 0 atom stereocenters. The van der Waals surface area contributed by atoms with Gasteiger partial charge in [-0.15, -0.1) is 0 Å². The molecule has 1 heterocycles. The third kappa shape index (κ3) is 1.21. The standard InChI is InChI=1S/C6H3BrFNO/c7-5-1-2-9-6(8)4(5)3-10/h1-3H. The highest BCUT2D eigenvalue weighted by molar-refractivity contribution is 9.10. The van der Waals surface area contributed by atoms with Crippen LogP contribution in [0.4, 0.5) is 4.39 Å². The number of aldehydes is 1. The Balaban J connectivity index is 3.30. The van der Waals surface area contributed by atoms with Crippen LogP contribution in [0.2, 0.25) is 0 Å². The van der Waals surface area contributed by atoms with Crippen LogP contribution in [0.5, 0.6) is 0 Å². The van der Waals surface area contributed by atoms with Crippen molar-refractivity contribution in [2.45, 2.75) is 0 Å². The van der Waals surface area contributed by atoms with Crippen molar-refractivity contribution in [3.05, 3.63) is 28.2 Å². The fourth-order valence-corrected chi connectivity index (χ4v) is 0.906. The van der Waals surface area contributed by atoms with Crippen LogP contribution in [0.1, 0.15) is 10.4 Å². The molecule has 0 saturated carbocycles. The Morgan fingerprint density at radius 2 is 2.40 bits per heavy atom. The van der Waals surface area contributed by atoms with Gasteiger partial charge in [-0.1, -0.05) is 0 Å². The van der Waals surface area contributed by atoms with E-state index in [1.54, 1.807) is 0 Å². The van der Waals surface area contributed by atoms with E-state index >= 15 is 0 Å². The first-order valence-electron chi connectivity index (χ1n) is 2.51. The van der Waals surface area contributed by atoms with E-state index in [0.717, 1.165) is 0 Å². The van der Waals surface area contributed by atoms with Crippen molar-refractivity contribution in [2.75, 3.05) is 0 Å². The first-order valence-corrected chi connectivity index (χ1v) is 3.30. The Morgan fingerprint density at radius 1 is 1.70 bits per heavy atom. The van der Waals surface area contributed by atoms with Crippen molar-refractivity contribution < 1.29 is 9.18 Å². The number of hydrogen-bond donors (Lipinski definition) is 0. The lowest BCUT2D eigenvalue weighted by atomic mass is 10.3. The van der Waals surface area contributed by atoms with Crippen LogP contribution < -0.4 is 0 Å². The molecular formula is C6H3BrFNO. The topological polar surface area (TPSA) is 30.0 Å². The lowest BCUT2D eigenvalue weighted by Crippen LogP contribution is -1.91. The number of halogens is 2. The van der Waals surface area contributed by atoms with E-state index in [0.29, 0.717) is 10.8 Å². The molecule has 2 nitrogen and oxygen atoms in total. The molecule has 0 unspecified atom stereocenters. The second-order valence-electron chi connectivity index (χ2n) is 1.62. The zero-order valence-electron chi connectivity index (χ0n) is 4.84. The van der Waals surface area contributed by atoms with E-state index in [1.165, 1.54) is 12.3 Å². The maximum atomic E-state index is 12.5. The third-order valence-corrected chi connectivity index (χ3v) is 1.70. The number of rotatable bonds is 1. The van der Waals surface area contributed by atoms with E-state index in [-0.39, 0.29) is 5.56 Å². The maximum absolute atomic E-state index is 12.5. The van der Waals surface area contributed by atoms with Crippen LogP contribution >= 0.6 is 15.9 Å². The van der Waals surface area contributed by atoms with Crippen molar-refractivity contribution >= 4 is 22.2 Å². The van der Waals surface area contributed by atoms with Gasteiger partial charge in [-0.25, -0.2) is 4.98 Å². The van der Waals surface area contributed by atoms with Gasteiger partial charge < -0.3 is 0 Å². The zero-order chi connectivity index (χ0) is 7.56. The molecule has 0 N–H and O–H groups in total. The molecule has 0 amide bonds. The van der Waals surface area contributed by atoms with Crippen molar-refractivity contribution in [2.24, 2.45) is 0 Å². The summed E-state index contributed by atoms with van der Waals surface area (Å²) >= 11 is 3.00. The van der Waals surface area contributed by atoms with Crippen molar-refractivity contribution in [1.82, 2.24) is 4.98 Å². The molecule has 1 rings (SSSR count). The summed E-state index contributed by atoms with van der Waals surface area (Å²) in [6.07, 6.45) is 1.71. The molecule has 0 saturated heterocycles. The number of carbonyl (C=O) groups excluding carboxylic acids is 1. The van der Waals surface area contributed by atoms with Crippen LogP contribution in [0.3, 0.4) is 0 Å². The van der Waals surface area contributed by atoms with E-state index in [2.05, 4.69) is 20.9 Å². The number of aromatic nitrogens is 1. The summed E-state index contributed by atoms with van der Waals surface area (Å²) in [4.78, 5) is 13.4. The normalized spacial score (nSPS) is 9.40. The summed E-state index contributed by atoms with van der Waals surface area (Å²) in [6.45, 7) is 0. The van der Waals surface area contributed by atoms with Gasteiger partial charge in [-0.3, -0.25) is 4.79 Å². The predicted molar refractivity (Wildman–Crippen MR) is 37.3 cm³/mol. The van der Waals surface area contributed by atoms with Gasteiger partial charge in [0.25, 0.3) is 0 Å². The molecule has 52 valence electrons. The second kappa shape index (κ2) is 2.88. The maximum Gasteiger partial charge on any atom is 0.224 e. The van der Waals surface area contributed by atoms with Crippen molar-refractivity contribution in [3.63, 3.8) is 0 Å². The van der Waals surface area contributed by atoms with Gasteiger partial charge in [0.1, 0.15) is 0 Å². The fourth-order valence-electron chi connectivity index (χ4n) is 0.531. The number of carbonyl (C=O) groups is 1. The highest BCUT2D eigenvalue weighted by atomic mass is 79.9. The Hall–Kier alpha value is -0.770.